The Hall–Kier alpha value is -2.08. The molecule has 6 nitrogen and oxygen atoms in total. The van der Waals surface area contributed by atoms with Crippen molar-refractivity contribution in [1.82, 2.24) is 10.2 Å². The Kier molecular flexibility index (Phi) is 7.54. The van der Waals surface area contributed by atoms with Gasteiger partial charge in [-0.25, -0.2) is 0 Å². The Balaban J connectivity index is 0.00000264. The summed E-state index contributed by atoms with van der Waals surface area (Å²) in [7, 11) is 0. The predicted octanol–water partition coefficient (Wildman–Crippen LogP) is 4.15. The summed E-state index contributed by atoms with van der Waals surface area (Å²) in [5.41, 5.74) is 3.51. The molecular weight excluding hydrogens is 318 g/mol. The Bertz CT molecular complexity index is 624. The number of nitro groups is 1. The summed E-state index contributed by atoms with van der Waals surface area (Å²) in [5.74, 6) is 0.342. The van der Waals surface area contributed by atoms with E-state index in [1.165, 1.54) is 11.6 Å². The fourth-order valence-corrected chi connectivity index (χ4v) is 2.44. The highest BCUT2D eigenvalue weighted by atomic mass is 35.5. The van der Waals surface area contributed by atoms with Gasteiger partial charge in [-0.1, -0.05) is 12.1 Å². The first-order valence-corrected chi connectivity index (χ1v) is 7.46. The highest BCUT2D eigenvalue weighted by Gasteiger charge is 2.13. The van der Waals surface area contributed by atoms with E-state index in [-0.39, 0.29) is 18.1 Å². The second-order valence-electron chi connectivity index (χ2n) is 5.30. The van der Waals surface area contributed by atoms with E-state index in [0.29, 0.717) is 12.4 Å². The molecule has 23 heavy (non-hydrogen) atoms. The average Bonchev–Trinajstić information content (AvgIpc) is 2.82. The van der Waals surface area contributed by atoms with E-state index in [1.807, 2.05) is 13.8 Å². The smallest absolute Gasteiger partial charge is 0.310 e. The lowest BCUT2D eigenvalue weighted by atomic mass is 10.1. The van der Waals surface area contributed by atoms with Gasteiger partial charge in [0.2, 0.25) is 0 Å². The second kappa shape index (κ2) is 9.15. The molecule has 2 rings (SSSR count). The molecule has 0 aliphatic heterocycles. The Labute approximate surface area is 141 Å². The van der Waals surface area contributed by atoms with Crippen LogP contribution in [0, 0.1) is 24.0 Å². The molecule has 126 valence electrons. The molecule has 1 heterocycles. The van der Waals surface area contributed by atoms with Crippen LogP contribution in [-0.4, -0.2) is 21.7 Å². The molecule has 0 aliphatic rings. The van der Waals surface area contributed by atoms with Crippen LogP contribution in [0.5, 0.6) is 5.75 Å². The molecule has 0 amide bonds. The normalized spacial score (nSPS) is 10.2. The first kappa shape index (κ1) is 19.0. The monoisotopic (exact) mass is 339 g/mol. The minimum Gasteiger partial charge on any atom is -0.487 e. The fourth-order valence-electron chi connectivity index (χ4n) is 2.44. The zero-order valence-corrected chi connectivity index (χ0v) is 14.2. The van der Waals surface area contributed by atoms with Crippen molar-refractivity contribution in [1.29, 1.82) is 0 Å². The molecule has 0 spiro atoms. The van der Waals surface area contributed by atoms with Crippen LogP contribution in [0.4, 0.5) is 5.69 Å². The second-order valence-corrected chi connectivity index (χ2v) is 5.30. The van der Waals surface area contributed by atoms with Crippen molar-refractivity contribution >= 4 is 18.1 Å². The van der Waals surface area contributed by atoms with Gasteiger partial charge in [-0.2, -0.15) is 5.10 Å². The molecule has 7 heteroatoms. The molecule has 0 bridgehead atoms. The number of nitrogens with one attached hydrogen (secondary N) is 1. The average molecular weight is 340 g/mol. The number of aromatic nitrogens is 2. The molecular formula is C16H22ClN3O3. The highest BCUT2D eigenvalue weighted by molar-refractivity contribution is 5.85. The highest BCUT2D eigenvalue weighted by Crippen LogP contribution is 2.26. The summed E-state index contributed by atoms with van der Waals surface area (Å²) in [5, 5.41) is 18.0. The Morgan fingerprint density at radius 2 is 1.96 bits per heavy atom. The summed E-state index contributed by atoms with van der Waals surface area (Å²) in [4.78, 5) is 10.5. The predicted molar refractivity (Wildman–Crippen MR) is 91.5 cm³/mol. The van der Waals surface area contributed by atoms with Crippen LogP contribution in [0.1, 0.15) is 36.2 Å². The summed E-state index contributed by atoms with van der Waals surface area (Å²) in [6, 6.07) is 6.48. The lowest BCUT2D eigenvalue weighted by Gasteiger charge is -2.06. The molecule has 0 saturated carbocycles. The van der Waals surface area contributed by atoms with Crippen LogP contribution in [-0.2, 0) is 6.42 Å². The number of hydrogen-bond donors (Lipinski definition) is 1. The van der Waals surface area contributed by atoms with E-state index in [4.69, 9.17) is 4.74 Å². The lowest BCUT2D eigenvalue weighted by molar-refractivity contribution is -0.385. The maximum Gasteiger partial charge on any atom is 0.310 e. The molecule has 0 unspecified atom stereocenters. The number of nitrogens with zero attached hydrogens (tertiary/aromatic N) is 2. The molecule has 1 aromatic heterocycles. The van der Waals surface area contributed by atoms with Crippen LogP contribution in [0.25, 0.3) is 0 Å². The number of nitro benzene ring substituents is 1. The van der Waals surface area contributed by atoms with Crippen molar-refractivity contribution in [3.8, 4) is 5.75 Å². The molecule has 0 fully saturated rings. The third kappa shape index (κ3) is 5.25. The number of ether oxygens (including phenoxy) is 1. The Morgan fingerprint density at radius 1 is 1.22 bits per heavy atom. The first-order chi connectivity index (χ1) is 10.6. The standard InChI is InChI=1S/C16H21N3O3.ClH/c1-12-14(13(2)18-17-12)8-4-3-7-11-22-16-10-6-5-9-15(16)19(20)21;/h5-6,9-10H,3-4,7-8,11H2,1-2H3,(H,17,18);1H. The zero-order valence-electron chi connectivity index (χ0n) is 13.4. The lowest BCUT2D eigenvalue weighted by Crippen LogP contribution is -2.01. The first-order valence-electron chi connectivity index (χ1n) is 7.46. The third-order valence-electron chi connectivity index (χ3n) is 3.67. The molecule has 0 aliphatic carbocycles. The molecule has 0 saturated heterocycles. The van der Waals surface area contributed by atoms with Crippen molar-refractivity contribution in [3.05, 3.63) is 51.3 Å². The van der Waals surface area contributed by atoms with E-state index in [9.17, 15) is 10.1 Å². The van der Waals surface area contributed by atoms with Crippen LogP contribution in [0.2, 0.25) is 0 Å². The van der Waals surface area contributed by atoms with Crippen molar-refractivity contribution in [2.75, 3.05) is 6.61 Å². The fraction of sp³-hybridized carbons (Fsp3) is 0.438. The van der Waals surface area contributed by atoms with Gasteiger partial charge in [-0.05, 0) is 51.2 Å². The quantitative estimate of drug-likeness (QED) is 0.445. The molecule has 1 N–H and O–H groups in total. The number of para-hydroxylation sites is 2. The number of aryl methyl sites for hydroxylation is 2. The maximum atomic E-state index is 10.9. The van der Waals surface area contributed by atoms with Gasteiger partial charge in [0.15, 0.2) is 5.75 Å². The number of benzene rings is 1. The van der Waals surface area contributed by atoms with Crippen LogP contribution in [0.3, 0.4) is 0 Å². The van der Waals surface area contributed by atoms with Crippen molar-refractivity contribution in [3.63, 3.8) is 0 Å². The van der Waals surface area contributed by atoms with Gasteiger partial charge in [-0.15, -0.1) is 12.4 Å². The topological polar surface area (TPSA) is 81.0 Å². The summed E-state index contributed by atoms with van der Waals surface area (Å²) in [6.07, 6.45) is 3.95. The molecule has 0 radical (unpaired) electrons. The number of unbranched alkanes of at least 4 members (excludes halogenated alkanes) is 2. The van der Waals surface area contributed by atoms with Crippen LogP contribution in [0.15, 0.2) is 24.3 Å². The summed E-state index contributed by atoms with van der Waals surface area (Å²) >= 11 is 0. The van der Waals surface area contributed by atoms with Gasteiger partial charge < -0.3 is 4.74 Å². The number of hydrogen-bond acceptors (Lipinski definition) is 4. The SMILES string of the molecule is Cc1n[nH]c(C)c1CCCCCOc1ccccc1[N+](=O)[O-].Cl. The van der Waals surface area contributed by atoms with Gasteiger partial charge >= 0.3 is 5.69 Å². The Morgan fingerprint density at radius 3 is 2.61 bits per heavy atom. The van der Waals surface area contributed by atoms with E-state index in [2.05, 4.69) is 10.2 Å². The molecule has 2 aromatic rings. The largest absolute Gasteiger partial charge is 0.487 e. The molecule has 0 atom stereocenters. The summed E-state index contributed by atoms with van der Waals surface area (Å²) in [6.45, 7) is 4.54. The van der Waals surface area contributed by atoms with Crippen molar-refractivity contribution in [2.24, 2.45) is 0 Å². The van der Waals surface area contributed by atoms with Crippen LogP contribution < -0.4 is 4.74 Å². The minimum atomic E-state index is -0.417. The molecule has 1 aromatic carbocycles. The number of aromatic amines is 1. The maximum absolute atomic E-state index is 10.9. The van der Waals surface area contributed by atoms with E-state index in [0.717, 1.165) is 37.1 Å². The van der Waals surface area contributed by atoms with E-state index >= 15 is 0 Å². The van der Waals surface area contributed by atoms with Gasteiger partial charge in [0.25, 0.3) is 0 Å². The number of halogens is 1. The zero-order chi connectivity index (χ0) is 15.9. The van der Waals surface area contributed by atoms with Gasteiger partial charge in [0.1, 0.15) is 0 Å². The van der Waals surface area contributed by atoms with Crippen molar-refractivity contribution < 1.29 is 9.66 Å². The van der Waals surface area contributed by atoms with Gasteiger partial charge in [0.05, 0.1) is 17.2 Å². The van der Waals surface area contributed by atoms with E-state index < -0.39 is 4.92 Å². The minimum absolute atomic E-state index is 0. The van der Waals surface area contributed by atoms with Gasteiger partial charge in [-0.3, -0.25) is 15.2 Å². The number of H-pyrrole nitrogens is 1. The van der Waals surface area contributed by atoms with Gasteiger partial charge in [0, 0.05) is 11.8 Å². The third-order valence-corrected chi connectivity index (χ3v) is 3.67. The van der Waals surface area contributed by atoms with Crippen LogP contribution >= 0.6 is 12.4 Å². The summed E-state index contributed by atoms with van der Waals surface area (Å²) < 4.78 is 5.52. The van der Waals surface area contributed by atoms with E-state index in [1.54, 1.807) is 18.2 Å². The van der Waals surface area contributed by atoms with Crippen molar-refractivity contribution in [2.45, 2.75) is 39.5 Å². The number of rotatable bonds is 8.